The molecular formula is C22H20F3N3O4. The van der Waals surface area contributed by atoms with Crippen molar-refractivity contribution in [3.8, 4) is 11.1 Å². The molecule has 32 heavy (non-hydrogen) atoms. The first kappa shape index (κ1) is 23.0. The number of fused-ring (bicyclic) bond motifs is 3. The zero-order valence-electron chi connectivity index (χ0n) is 17.0. The van der Waals surface area contributed by atoms with E-state index in [0.29, 0.717) is 11.3 Å². The number of carbonyl (C=O) groups is 3. The molecule has 0 aliphatic carbocycles. The highest BCUT2D eigenvalue weighted by Gasteiger charge is 2.29. The van der Waals surface area contributed by atoms with E-state index >= 15 is 0 Å². The average molecular weight is 447 g/mol. The molecule has 0 saturated carbocycles. The van der Waals surface area contributed by atoms with E-state index in [-0.39, 0.29) is 0 Å². The molecule has 0 radical (unpaired) electrons. The quantitative estimate of drug-likeness (QED) is 0.676. The molecule has 0 saturated heterocycles. The van der Waals surface area contributed by atoms with Gasteiger partial charge in [-0.3, -0.25) is 9.59 Å². The van der Waals surface area contributed by atoms with Gasteiger partial charge in [0.15, 0.2) is 6.10 Å². The maximum atomic E-state index is 12.8. The van der Waals surface area contributed by atoms with E-state index in [0.717, 1.165) is 11.1 Å². The molecule has 0 bridgehead atoms. The molecule has 1 aliphatic heterocycles. The van der Waals surface area contributed by atoms with Crippen molar-refractivity contribution < 1.29 is 32.3 Å². The summed E-state index contributed by atoms with van der Waals surface area (Å²) in [6.07, 6.45) is -6.99. The number of para-hydroxylation sites is 1. The van der Waals surface area contributed by atoms with Crippen LogP contribution in [-0.4, -0.2) is 42.9 Å². The minimum Gasteiger partial charge on any atom is -0.436 e. The number of nitrogens with one attached hydrogen (secondary N) is 2. The third-order valence-electron chi connectivity index (χ3n) is 4.71. The third kappa shape index (κ3) is 5.71. The zero-order valence-corrected chi connectivity index (χ0v) is 17.0. The summed E-state index contributed by atoms with van der Waals surface area (Å²) >= 11 is 0. The van der Waals surface area contributed by atoms with Gasteiger partial charge in [0, 0.05) is 24.0 Å². The zero-order chi connectivity index (χ0) is 23.3. The number of halogens is 3. The fourth-order valence-corrected chi connectivity index (χ4v) is 3.15. The molecule has 0 aromatic heterocycles. The van der Waals surface area contributed by atoms with Gasteiger partial charge >= 0.3 is 12.3 Å². The van der Waals surface area contributed by atoms with Crippen LogP contribution >= 0.6 is 0 Å². The summed E-state index contributed by atoms with van der Waals surface area (Å²) in [4.78, 5) is 40.4. The Morgan fingerprint density at radius 2 is 1.81 bits per heavy atom. The number of alkyl halides is 3. The van der Waals surface area contributed by atoms with Crippen LogP contribution in [-0.2, 0) is 14.3 Å². The van der Waals surface area contributed by atoms with Crippen LogP contribution < -0.4 is 10.6 Å². The Hall–Kier alpha value is -3.69. The highest BCUT2D eigenvalue weighted by atomic mass is 19.4. The van der Waals surface area contributed by atoms with Crippen molar-refractivity contribution in [3.05, 3.63) is 54.1 Å². The standard InChI is InChI=1S/C22H20F3N3O4/c1-13(32-21(31)26-11-10-22(23,24)25)19(29)27-12-17-15-7-3-2-6-14(15)16-8-4-5-9-18(16)28-20(17)30/h2-9,12-13,17H,10-11H2,1H3,(H,26,31)(H,28,30)/t13-,17?/m0/s1. The molecule has 0 fully saturated rings. The van der Waals surface area contributed by atoms with Crippen LogP contribution in [0, 0.1) is 0 Å². The highest BCUT2D eigenvalue weighted by Crippen LogP contribution is 2.37. The maximum Gasteiger partial charge on any atom is 0.407 e. The van der Waals surface area contributed by atoms with Gasteiger partial charge in [-0.1, -0.05) is 42.5 Å². The van der Waals surface area contributed by atoms with Crippen LogP contribution in [0.1, 0.15) is 24.8 Å². The molecule has 1 heterocycles. The van der Waals surface area contributed by atoms with Crippen LogP contribution in [0.5, 0.6) is 0 Å². The summed E-state index contributed by atoms with van der Waals surface area (Å²) < 4.78 is 41.1. The number of rotatable bonds is 5. The van der Waals surface area contributed by atoms with Crippen molar-refractivity contribution in [3.63, 3.8) is 0 Å². The van der Waals surface area contributed by atoms with Crippen LogP contribution in [0.2, 0.25) is 0 Å². The minimum absolute atomic E-state index is 0.391. The minimum atomic E-state index is -4.42. The Bertz CT molecular complexity index is 1050. The molecule has 7 nitrogen and oxygen atoms in total. The summed E-state index contributed by atoms with van der Waals surface area (Å²) in [5, 5.41) is 4.73. The van der Waals surface area contributed by atoms with Crippen molar-refractivity contribution in [2.24, 2.45) is 4.99 Å². The van der Waals surface area contributed by atoms with Crippen LogP contribution in [0.4, 0.5) is 23.7 Å². The normalized spacial score (nSPS) is 16.4. The van der Waals surface area contributed by atoms with E-state index in [1.165, 1.54) is 13.1 Å². The van der Waals surface area contributed by atoms with Crippen molar-refractivity contribution in [1.29, 1.82) is 0 Å². The second kappa shape index (κ2) is 9.63. The van der Waals surface area contributed by atoms with E-state index in [1.54, 1.807) is 24.3 Å². The summed E-state index contributed by atoms with van der Waals surface area (Å²) in [6.45, 7) is 0.562. The first-order chi connectivity index (χ1) is 15.2. The molecule has 1 unspecified atom stereocenters. The Balaban J connectivity index is 1.70. The van der Waals surface area contributed by atoms with Gasteiger partial charge in [0.05, 0.1) is 12.3 Å². The summed E-state index contributed by atoms with van der Waals surface area (Å²) in [7, 11) is 0. The first-order valence-electron chi connectivity index (χ1n) is 9.74. The van der Waals surface area contributed by atoms with E-state index in [9.17, 15) is 27.6 Å². The summed E-state index contributed by atoms with van der Waals surface area (Å²) in [5.74, 6) is -2.13. The van der Waals surface area contributed by atoms with Crippen LogP contribution in [0.25, 0.3) is 11.1 Å². The first-order valence-corrected chi connectivity index (χ1v) is 9.74. The SMILES string of the molecule is C[C@H](OC(=O)NCCC(F)(F)F)C(=O)N=CC1C(=O)Nc2ccccc2-c2ccccc21. The van der Waals surface area contributed by atoms with Crippen molar-refractivity contribution in [2.45, 2.75) is 31.5 Å². The van der Waals surface area contributed by atoms with Crippen molar-refractivity contribution in [2.75, 3.05) is 11.9 Å². The average Bonchev–Trinajstić information content (AvgIpc) is 2.85. The second-order valence-electron chi connectivity index (χ2n) is 7.06. The summed E-state index contributed by atoms with van der Waals surface area (Å²) in [6, 6.07) is 14.5. The van der Waals surface area contributed by atoms with E-state index in [2.05, 4.69) is 10.3 Å². The molecule has 168 valence electrons. The molecule has 2 N–H and O–H groups in total. The second-order valence-corrected chi connectivity index (χ2v) is 7.06. The molecule has 2 atom stereocenters. The maximum absolute atomic E-state index is 12.8. The lowest BCUT2D eigenvalue weighted by Crippen LogP contribution is -2.33. The Morgan fingerprint density at radius 1 is 1.16 bits per heavy atom. The molecule has 2 aromatic rings. The predicted molar refractivity (Wildman–Crippen MR) is 111 cm³/mol. The fraction of sp³-hybridized carbons (Fsp3) is 0.273. The predicted octanol–water partition coefficient (Wildman–Crippen LogP) is 4.05. The number of carbonyl (C=O) groups excluding carboxylic acids is 3. The topological polar surface area (TPSA) is 96.9 Å². The largest absolute Gasteiger partial charge is 0.436 e. The highest BCUT2D eigenvalue weighted by molar-refractivity contribution is 6.12. The summed E-state index contributed by atoms with van der Waals surface area (Å²) in [5.41, 5.74) is 2.90. The number of amides is 3. The Kier molecular flexibility index (Phi) is 6.92. The number of nitrogens with zero attached hydrogens (tertiary/aromatic N) is 1. The number of ether oxygens (including phenoxy) is 1. The fourth-order valence-electron chi connectivity index (χ4n) is 3.15. The molecule has 10 heteroatoms. The lowest BCUT2D eigenvalue weighted by Gasteiger charge is -2.13. The Labute approximate surface area is 181 Å². The molecule has 3 rings (SSSR count). The van der Waals surface area contributed by atoms with Gasteiger partial charge in [-0.2, -0.15) is 13.2 Å². The van der Waals surface area contributed by atoms with Crippen molar-refractivity contribution in [1.82, 2.24) is 5.32 Å². The number of hydrogen-bond acceptors (Lipinski definition) is 4. The third-order valence-corrected chi connectivity index (χ3v) is 4.71. The lowest BCUT2D eigenvalue weighted by atomic mass is 9.92. The van der Waals surface area contributed by atoms with Crippen LogP contribution in [0.15, 0.2) is 53.5 Å². The number of hydrogen-bond donors (Lipinski definition) is 2. The molecule has 2 aromatic carbocycles. The van der Waals surface area contributed by atoms with Gasteiger partial charge in [-0.15, -0.1) is 0 Å². The van der Waals surface area contributed by atoms with E-state index < -0.39 is 49.1 Å². The van der Waals surface area contributed by atoms with Gasteiger partial charge in [0.2, 0.25) is 5.91 Å². The van der Waals surface area contributed by atoms with Crippen molar-refractivity contribution >= 4 is 29.8 Å². The number of aliphatic imine (C=N–C) groups is 1. The number of benzene rings is 2. The van der Waals surface area contributed by atoms with E-state index in [4.69, 9.17) is 4.74 Å². The van der Waals surface area contributed by atoms with Gasteiger partial charge < -0.3 is 15.4 Å². The monoisotopic (exact) mass is 447 g/mol. The van der Waals surface area contributed by atoms with Gasteiger partial charge in [-0.05, 0) is 24.1 Å². The van der Waals surface area contributed by atoms with E-state index in [1.807, 2.05) is 29.6 Å². The Morgan fingerprint density at radius 3 is 2.53 bits per heavy atom. The van der Waals surface area contributed by atoms with Crippen LogP contribution in [0.3, 0.4) is 0 Å². The number of alkyl carbamates (subject to hydrolysis) is 1. The molecule has 0 spiro atoms. The van der Waals surface area contributed by atoms with Gasteiger partial charge in [-0.25, -0.2) is 9.79 Å². The molecule has 1 aliphatic rings. The van der Waals surface area contributed by atoms with Gasteiger partial charge in [0.1, 0.15) is 0 Å². The lowest BCUT2D eigenvalue weighted by molar-refractivity contribution is -0.133. The molecular weight excluding hydrogens is 427 g/mol. The number of anilines is 1. The molecule has 3 amide bonds. The smallest absolute Gasteiger partial charge is 0.407 e. The van der Waals surface area contributed by atoms with Gasteiger partial charge in [0.25, 0.3) is 5.91 Å².